The van der Waals surface area contributed by atoms with Gasteiger partial charge in [0.25, 0.3) is 23.6 Å². The Bertz CT molecular complexity index is 3840. The Morgan fingerprint density at radius 1 is 0.301 bits per heavy atom. The van der Waals surface area contributed by atoms with Gasteiger partial charge in [-0.1, -0.05) is 151 Å². The fraction of sp³-hybridized carbons (Fsp3) is 0.410. The van der Waals surface area contributed by atoms with Crippen molar-refractivity contribution in [3.8, 4) is 50.8 Å². The third kappa shape index (κ3) is 13.6. The van der Waals surface area contributed by atoms with Crippen LogP contribution >= 0.6 is 79.4 Å². The molecule has 0 bridgehead atoms. The standard InChI is InChI=1S/C78H88N4O4S7/c1-9-17-24-49(13-5)45-79-71(63-29-22-40-88-63)67-69(77(79)85)73(81(75(67)83)47-51(15-7)26-19-11-3)65-37-35-61(92-65)59-33-31-57(90-59)54-42-53(56-28-21-39-87-56)43-55(44-54)58-32-34-60(91-58)62-36-38-66(93-62)74-70-68(76(84)82(74)48-52(16-8)27-20-12-4)72(64-30-23-41-89-64)80(78(70)86)46-50(14-6)25-18-10-2/h21-23,28-44,49-52H,9-20,24-27,45-48H2,1-8H3. The molecule has 0 radical (unpaired) electrons. The highest BCUT2D eigenvalue weighted by molar-refractivity contribution is 7.25. The van der Waals surface area contributed by atoms with Gasteiger partial charge in [-0.2, -0.15) is 0 Å². The lowest BCUT2D eigenvalue weighted by molar-refractivity contribution is -0.124. The third-order valence-electron chi connectivity index (χ3n) is 19.5. The summed E-state index contributed by atoms with van der Waals surface area (Å²) in [5.41, 5.74) is 8.92. The summed E-state index contributed by atoms with van der Waals surface area (Å²) in [5, 5.41) is 6.25. The first kappa shape index (κ1) is 67.0. The molecule has 0 N–H and O–H groups in total. The summed E-state index contributed by atoms with van der Waals surface area (Å²) >= 11 is 11.9. The van der Waals surface area contributed by atoms with Crippen molar-refractivity contribution >= 4 is 126 Å². The minimum atomic E-state index is -0.0419. The molecule has 4 unspecified atom stereocenters. The smallest absolute Gasteiger partial charge is 0.261 e. The van der Waals surface area contributed by atoms with Crippen LogP contribution in [0, 0.1) is 23.7 Å². The van der Waals surface area contributed by atoms with E-state index in [-0.39, 0.29) is 23.6 Å². The highest BCUT2D eigenvalue weighted by Gasteiger charge is 2.52. The number of amides is 4. The van der Waals surface area contributed by atoms with Crippen molar-refractivity contribution in [1.82, 2.24) is 19.6 Å². The highest BCUT2D eigenvalue weighted by Crippen LogP contribution is 2.53. The lowest BCUT2D eigenvalue weighted by atomic mass is 9.98. The molecule has 93 heavy (non-hydrogen) atoms. The van der Waals surface area contributed by atoms with E-state index in [1.165, 1.54) is 10.4 Å². The molecule has 4 amide bonds. The number of benzene rings is 1. The van der Waals surface area contributed by atoms with E-state index in [1.807, 2.05) is 31.7 Å². The van der Waals surface area contributed by atoms with E-state index in [4.69, 9.17) is 0 Å². The Morgan fingerprint density at radius 2 is 0.548 bits per heavy atom. The number of carbonyl (C=O) groups is 4. The van der Waals surface area contributed by atoms with E-state index in [2.05, 4.69) is 163 Å². The van der Waals surface area contributed by atoms with Crippen LogP contribution in [-0.2, 0) is 19.2 Å². The molecule has 8 nitrogen and oxygen atoms in total. The predicted molar refractivity (Wildman–Crippen MR) is 399 cm³/mol. The molecule has 0 fully saturated rings. The van der Waals surface area contributed by atoms with Crippen molar-refractivity contribution in [3.05, 3.63) is 161 Å². The number of rotatable bonds is 33. The molecule has 0 saturated carbocycles. The normalized spacial score (nSPS) is 16.5. The van der Waals surface area contributed by atoms with Crippen molar-refractivity contribution in [2.45, 2.75) is 158 Å². The van der Waals surface area contributed by atoms with Gasteiger partial charge in [0.2, 0.25) is 0 Å². The summed E-state index contributed by atoms with van der Waals surface area (Å²) in [6, 6.07) is 37.2. The summed E-state index contributed by atoms with van der Waals surface area (Å²) in [6.07, 6.45) is 16.9. The van der Waals surface area contributed by atoms with Crippen LogP contribution in [0.1, 0.15) is 178 Å². The number of nitrogens with zero attached hydrogens (tertiary/aromatic N) is 4. The largest absolute Gasteiger partial charge is 0.306 e. The van der Waals surface area contributed by atoms with Crippen molar-refractivity contribution in [2.24, 2.45) is 23.7 Å². The summed E-state index contributed by atoms with van der Waals surface area (Å²) in [7, 11) is 0. The fourth-order valence-corrected chi connectivity index (χ4v) is 20.6. The summed E-state index contributed by atoms with van der Waals surface area (Å²) in [6.45, 7) is 20.2. The van der Waals surface area contributed by atoms with Gasteiger partial charge >= 0.3 is 0 Å². The van der Waals surface area contributed by atoms with Crippen molar-refractivity contribution < 1.29 is 19.2 Å². The summed E-state index contributed by atoms with van der Waals surface area (Å²) < 4.78 is 0. The Hall–Kier alpha value is -6.04. The molecular formula is C78H88N4O4S7. The Labute approximate surface area is 579 Å². The summed E-state index contributed by atoms with van der Waals surface area (Å²) in [5.74, 6) is 1.15. The molecular weight excluding hydrogens is 1280 g/mol. The van der Waals surface area contributed by atoms with Crippen LogP contribution in [0.3, 0.4) is 0 Å². The minimum absolute atomic E-state index is 0.0419. The predicted octanol–water partition coefficient (Wildman–Crippen LogP) is 22.9. The van der Waals surface area contributed by atoms with Crippen molar-refractivity contribution in [1.29, 1.82) is 0 Å². The molecule has 0 saturated heterocycles. The van der Waals surface area contributed by atoms with Gasteiger partial charge in [0, 0.05) is 60.3 Å². The maximum absolute atomic E-state index is 15.3. The first-order valence-corrected chi connectivity index (χ1v) is 40.3. The van der Waals surface area contributed by atoms with Crippen molar-refractivity contribution in [2.75, 3.05) is 26.2 Å². The van der Waals surface area contributed by atoms with Crippen LogP contribution in [-0.4, -0.2) is 69.4 Å². The molecule has 0 aliphatic carbocycles. The molecule has 4 aliphatic heterocycles. The van der Waals surface area contributed by atoms with Gasteiger partial charge in [-0.05, 0) is 167 Å². The van der Waals surface area contributed by atoms with Crippen LogP contribution in [0.25, 0.3) is 73.6 Å². The molecule has 7 aromatic heterocycles. The van der Waals surface area contributed by atoms with E-state index < -0.39 is 0 Å². The Balaban J connectivity index is 0.878. The maximum atomic E-state index is 15.3. The molecule has 486 valence electrons. The highest BCUT2D eigenvalue weighted by atomic mass is 32.1. The van der Waals surface area contributed by atoms with E-state index in [9.17, 15) is 0 Å². The number of hydrogen-bond donors (Lipinski definition) is 0. The zero-order chi connectivity index (χ0) is 64.9. The van der Waals surface area contributed by atoms with Gasteiger partial charge < -0.3 is 19.6 Å². The van der Waals surface area contributed by atoms with Crippen LogP contribution in [0.2, 0.25) is 0 Å². The Morgan fingerprint density at radius 3 is 0.817 bits per heavy atom. The van der Waals surface area contributed by atoms with Gasteiger partial charge in [-0.3, -0.25) is 19.2 Å². The number of carbonyl (C=O) groups excluding carboxylic acids is 4. The van der Waals surface area contributed by atoms with Crippen LogP contribution in [0.5, 0.6) is 0 Å². The minimum Gasteiger partial charge on any atom is -0.306 e. The third-order valence-corrected chi connectivity index (χ3v) is 27.0. The zero-order valence-corrected chi connectivity index (χ0v) is 61.0. The molecule has 12 rings (SSSR count). The molecule has 0 spiro atoms. The number of fused-ring (bicyclic) bond motifs is 2. The lowest BCUT2D eigenvalue weighted by Gasteiger charge is -2.29. The van der Waals surface area contributed by atoms with Gasteiger partial charge in [-0.25, -0.2) is 0 Å². The van der Waals surface area contributed by atoms with E-state index in [0.717, 1.165) is 185 Å². The molecule has 11 heterocycles. The number of hydrogen-bond acceptors (Lipinski definition) is 11. The van der Waals surface area contributed by atoms with Crippen LogP contribution < -0.4 is 0 Å². The molecule has 8 aromatic rings. The first-order chi connectivity index (χ1) is 45.4. The Kier molecular flexibility index (Phi) is 21.9. The molecule has 1 aromatic carbocycles. The second kappa shape index (κ2) is 30.4. The monoisotopic (exact) mass is 1370 g/mol. The molecule has 4 atom stereocenters. The number of thiophene rings is 7. The zero-order valence-electron chi connectivity index (χ0n) is 55.3. The molecule has 4 aliphatic rings. The van der Waals surface area contributed by atoms with Gasteiger partial charge in [-0.15, -0.1) is 79.4 Å². The topological polar surface area (TPSA) is 81.2 Å². The van der Waals surface area contributed by atoms with E-state index in [0.29, 0.717) is 72.1 Å². The van der Waals surface area contributed by atoms with Crippen molar-refractivity contribution in [3.63, 3.8) is 0 Å². The first-order valence-electron chi connectivity index (χ1n) is 34.4. The number of unbranched alkanes of at least 4 members (excludes halogenated alkanes) is 4. The van der Waals surface area contributed by atoms with Gasteiger partial charge in [0.1, 0.15) is 0 Å². The van der Waals surface area contributed by atoms with E-state index >= 15 is 19.2 Å². The van der Waals surface area contributed by atoms with Crippen LogP contribution in [0.4, 0.5) is 0 Å². The van der Waals surface area contributed by atoms with Crippen LogP contribution in [0.15, 0.2) is 142 Å². The summed E-state index contributed by atoms with van der Waals surface area (Å²) in [4.78, 5) is 81.0. The average Bonchev–Trinajstić information content (AvgIpc) is 1.56. The fourth-order valence-electron chi connectivity index (χ4n) is 14.0. The van der Waals surface area contributed by atoms with Gasteiger partial charge in [0.15, 0.2) is 0 Å². The molecule has 15 heteroatoms. The second-order valence-corrected chi connectivity index (χ2v) is 32.8. The second-order valence-electron chi connectivity index (χ2n) is 25.6. The maximum Gasteiger partial charge on any atom is 0.261 e. The SMILES string of the molecule is CCCCC(CC)CN1C(=O)C2=C(c3ccc(-c4ccc(-c5cc(-c6cccs6)cc(-c6ccc(-c7ccc(C8=C9C(=O)N(CC(CC)CCCC)C(c%10cccs%10)=C9C(=O)N8CC(CC)CCCC)s7)s6)c5)s4)s3)N(CC(CC)CCCC)C(=O)C2=C1c1cccs1. The quantitative estimate of drug-likeness (QED) is 0.0410. The average molecular weight is 1370 g/mol. The van der Waals surface area contributed by atoms with Gasteiger partial charge in [0.05, 0.1) is 64.6 Å². The lowest BCUT2D eigenvalue weighted by Crippen LogP contribution is -2.34. The van der Waals surface area contributed by atoms with E-state index in [1.54, 1.807) is 79.4 Å².